The molecule has 2 rings (SSSR count). The summed E-state index contributed by atoms with van der Waals surface area (Å²) in [5, 5.41) is 11.9. The fourth-order valence-corrected chi connectivity index (χ4v) is 2.24. The second kappa shape index (κ2) is 4.00. The molecule has 1 aromatic heterocycles. The minimum absolute atomic E-state index is 0.0617. The van der Waals surface area contributed by atoms with Crippen molar-refractivity contribution in [2.45, 2.75) is 11.8 Å². The second-order valence-corrected chi connectivity index (χ2v) is 5.06. The topological polar surface area (TPSA) is 112 Å². The number of nitrogens with one attached hydrogen (secondary N) is 1. The summed E-state index contributed by atoms with van der Waals surface area (Å²) in [6.07, 6.45) is 0. The summed E-state index contributed by atoms with van der Waals surface area (Å²) in [6, 6.07) is 5.40. The van der Waals surface area contributed by atoms with Gasteiger partial charge in [-0.25, -0.2) is 4.68 Å². The van der Waals surface area contributed by atoms with Crippen molar-refractivity contribution in [3.63, 3.8) is 0 Å². The maximum Gasteiger partial charge on any atom is 0.313 e. The van der Waals surface area contributed by atoms with Crippen LogP contribution in [0, 0.1) is 6.92 Å². The number of benzene rings is 1. The van der Waals surface area contributed by atoms with Crippen LogP contribution in [-0.4, -0.2) is 27.9 Å². The Morgan fingerprint density at radius 1 is 1.28 bits per heavy atom. The average molecular weight is 270 g/mol. The number of H-pyrrole nitrogens is 1. The molecule has 0 fully saturated rings. The summed E-state index contributed by atoms with van der Waals surface area (Å²) in [7, 11) is -4.46. The van der Waals surface area contributed by atoms with Crippen molar-refractivity contribution >= 4 is 10.1 Å². The predicted octanol–water partition coefficient (Wildman–Crippen LogP) is 0.426. The molecule has 0 saturated heterocycles. The number of hydrogen-bond acceptors (Lipinski definition) is 4. The van der Waals surface area contributed by atoms with Gasteiger partial charge in [0.1, 0.15) is 4.90 Å². The highest BCUT2D eigenvalue weighted by atomic mass is 32.2. The van der Waals surface area contributed by atoms with Crippen molar-refractivity contribution in [1.29, 1.82) is 0 Å². The molecular formula is C10H10N2O5S. The summed E-state index contributed by atoms with van der Waals surface area (Å²) in [6.45, 7) is 1.46. The molecular weight excluding hydrogens is 260 g/mol. The van der Waals surface area contributed by atoms with Crippen LogP contribution in [0.25, 0.3) is 5.69 Å². The van der Waals surface area contributed by atoms with Crippen molar-refractivity contribution in [3.8, 4) is 11.4 Å². The number of rotatable bonds is 2. The van der Waals surface area contributed by atoms with Gasteiger partial charge in [-0.1, -0.05) is 12.1 Å². The quantitative estimate of drug-likeness (QED) is 0.685. The molecule has 0 aliphatic carbocycles. The number of aryl methyl sites for hydroxylation is 1. The van der Waals surface area contributed by atoms with E-state index in [0.717, 1.165) is 10.7 Å². The first kappa shape index (κ1) is 12.4. The molecule has 0 atom stereocenters. The van der Waals surface area contributed by atoms with E-state index in [-0.39, 0.29) is 11.4 Å². The summed E-state index contributed by atoms with van der Waals surface area (Å²) in [5.74, 6) is -0.500. The van der Waals surface area contributed by atoms with Crippen molar-refractivity contribution in [2.24, 2.45) is 0 Å². The number of aromatic amines is 1. The largest absolute Gasteiger partial charge is 0.502 e. The number of aromatic nitrogens is 2. The van der Waals surface area contributed by atoms with Crippen LogP contribution in [0.1, 0.15) is 5.69 Å². The van der Waals surface area contributed by atoms with Crippen molar-refractivity contribution in [2.75, 3.05) is 0 Å². The predicted molar refractivity (Wildman–Crippen MR) is 62.6 cm³/mol. The van der Waals surface area contributed by atoms with Crippen LogP contribution in [0.4, 0.5) is 0 Å². The molecule has 96 valence electrons. The van der Waals surface area contributed by atoms with Gasteiger partial charge in [0.05, 0.1) is 11.4 Å². The van der Waals surface area contributed by atoms with E-state index >= 15 is 0 Å². The third-order valence-electron chi connectivity index (χ3n) is 2.42. The highest BCUT2D eigenvalue weighted by Crippen LogP contribution is 2.19. The molecule has 18 heavy (non-hydrogen) atoms. The Balaban J connectivity index is 2.81. The zero-order valence-corrected chi connectivity index (χ0v) is 10.1. The minimum atomic E-state index is -4.46. The number of aromatic hydroxyl groups is 1. The van der Waals surface area contributed by atoms with E-state index in [4.69, 9.17) is 4.55 Å². The molecule has 8 heteroatoms. The van der Waals surface area contributed by atoms with Crippen LogP contribution in [0.3, 0.4) is 0 Å². The van der Waals surface area contributed by atoms with Gasteiger partial charge in [-0.15, -0.1) is 0 Å². The molecule has 0 spiro atoms. The van der Waals surface area contributed by atoms with Crippen molar-refractivity contribution in [3.05, 3.63) is 40.3 Å². The number of para-hydroxylation sites is 1. The third-order valence-corrected chi connectivity index (χ3v) is 3.33. The Kier molecular flexibility index (Phi) is 2.76. The Hall–Kier alpha value is -2.06. The monoisotopic (exact) mass is 270 g/mol. The van der Waals surface area contributed by atoms with Crippen LogP contribution in [0.5, 0.6) is 5.75 Å². The van der Waals surface area contributed by atoms with E-state index in [9.17, 15) is 18.3 Å². The van der Waals surface area contributed by atoms with Gasteiger partial charge in [-0.05, 0) is 19.1 Å². The molecule has 0 radical (unpaired) electrons. The van der Waals surface area contributed by atoms with Crippen LogP contribution in [-0.2, 0) is 10.1 Å². The molecule has 1 aromatic carbocycles. The van der Waals surface area contributed by atoms with Gasteiger partial charge in [-0.2, -0.15) is 8.42 Å². The summed E-state index contributed by atoms with van der Waals surface area (Å²) >= 11 is 0. The van der Waals surface area contributed by atoms with Crippen molar-refractivity contribution in [1.82, 2.24) is 9.78 Å². The number of hydrogen-bond donors (Lipinski definition) is 3. The van der Waals surface area contributed by atoms with Gasteiger partial charge in [-0.3, -0.25) is 14.4 Å². The lowest BCUT2D eigenvalue weighted by atomic mass is 10.3. The van der Waals surface area contributed by atoms with E-state index in [1.807, 2.05) is 0 Å². The molecule has 0 saturated carbocycles. The molecule has 7 nitrogen and oxygen atoms in total. The van der Waals surface area contributed by atoms with Crippen LogP contribution < -0.4 is 5.56 Å². The van der Waals surface area contributed by atoms with E-state index in [1.165, 1.54) is 25.1 Å². The first-order valence-electron chi connectivity index (χ1n) is 4.90. The minimum Gasteiger partial charge on any atom is -0.502 e. The smallest absolute Gasteiger partial charge is 0.313 e. The first-order valence-corrected chi connectivity index (χ1v) is 6.34. The lowest BCUT2D eigenvalue weighted by molar-refractivity contribution is 0.465. The Labute approximate surface area is 102 Å². The maximum atomic E-state index is 11.7. The van der Waals surface area contributed by atoms with Gasteiger partial charge in [0.25, 0.3) is 10.1 Å². The zero-order valence-electron chi connectivity index (χ0n) is 9.28. The normalized spacial score (nSPS) is 11.7. The van der Waals surface area contributed by atoms with E-state index in [1.54, 1.807) is 0 Å². The zero-order chi connectivity index (χ0) is 13.5. The lowest BCUT2D eigenvalue weighted by Crippen LogP contribution is -2.17. The fraction of sp³-hybridized carbons (Fsp3) is 0.100. The Morgan fingerprint density at radius 2 is 1.89 bits per heavy atom. The molecule has 0 aliphatic heterocycles. The highest BCUT2D eigenvalue weighted by molar-refractivity contribution is 7.86. The van der Waals surface area contributed by atoms with Gasteiger partial charge in [0, 0.05) is 0 Å². The van der Waals surface area contributed by atoms with E-state index < -0.39 is 26.3 Å². The van der Waals surface area contributed by atoms with Gasteiger partial charge < -0.3 is 5.11 Å². The third kappa shape index (κ3) is 1.91. The van der Waals surface area contributed by atoms with E-state index in [0.29, 0.717) is 0 Å². The van der Waals surface area contributed by atoms with E-state index in [2.05, 4.69) is 5.10 Å². The standard InChI is InChI=1S/C10H10N2O5S/c1-6-9(13)10(14)12(11-6)7-4-2-3-5-8(7)18(15,16)17/h2-5,11,13H,1H3,(H,15,16,17). The summed E-state index contributed by atoms with van der Waals surface area (Å²) in [5.41, 5.74) is -0.651. The van der Waals surface area contributed by atoms with Crippen LogP contribution in [0.2, 0.25) is 0 Å². The average Bonchev–Trinajstić information content (AvgIpc) is 2.56. The summed E-state index contributed by atoms with van der Waals surface area (Å²) in [4.78, 5) is 11.3. The van der Waals surface area contributed by atoms with Crippen LogP contribution in [0.15, 0.2) is 34.0 Å². The molecule has 0 aliphatic rings. The molecule has 3 N–H and O–H groups in total. The van der Waals surface area contributed by atoms with Crippen molar-refractivity contribution < 1.29 is 18.1 Å². The molecule has 0 bridgehead atoms. The molecule has 0 unspecified atom stereocenters. The van der Waals surface area contributed by atoms with Crippen LogP contribution >= 0.6 is 0 Å². The summed E-state index contributed by atoms with van der Waals surface area (Å²) < 4.78 is 32.3. The maximum absolute atomic E-state index is 11.7. The highest BCUT2D eigenvalue weighted by Gasteiger charge is 2.19. The van der Waals surface area contributed by atoms with Gasteiger partial charge in [0.2, 0.25) is 5.75 Å². The lowest BCUT2D eigenvalue weighted by Gasteiger charge is -2.06. The first-order chi connectivity index (χ1) is 8.32. The molecule has 0 amide bonds. The van der Waals surface area contributed by atoms with Gasteiger partial charge in [0.15, 0.2) is 0 Å². The SMILES string of the molecule is Cc1[nH]n(-c2ccccc2S(=O)(=O)O)c(=O)c1O. The van der Waals surface area contributed by atoms with Gasteiger partial charge >= 0.3 is 5.56 Å². The fourth-order valence-electron chi connectivity index (χ4n) is 1.57. The Bertz CT molecular complexity index is 757. The molecule has 2 aromatic rings. The molecule has 1 heterocycles. The second-order valence-electron chi connectivity index (χ2n) is 3.67. The number of nitrogens with zero attached hydrogens (tertiary/aromatic N) is 1. The Morgan fingerprint density at radius 3 is 2.39 bits per heavy atom.